The predicted molar refractivity (Wildman–Crippen MR) is 118 cm³/mol. The smallest absolute Gasteiger partial charge is 0.235 e. The van der Waals surface area contributed by atoms with Crippen molar-refractivity contribution in [1.29, 1.82) is 0 Å². The lowest BCUT2D eigenvalue weighted by Crippen LogP contribution is -2.01. The number of benzene rings is 2. The lowest BCUT2D eigenvalue weighted by molar-refractivity contribution is 0.602. The van der Waals surface area contributed by atoms with Crippen LogP contribution in [0.2, 0.25) is 10.0 Å². The summed E-state index contributed by atoms with van der Waals surface area (Å²) in [6.45, 7) is 1.87. The van der Waals surface area contributed by atoms with Crippen molar-refractivity contribution in [3.63, 3.8) is 0 Å². The van der Waals surface area contributed by atoms with Gasteiger partial charge in [0.25, 0.3) is 0 Å². The zero-order chi connectivity index (χ0) is 21.5. The maximum atomic E-state index is 11.8. The number of nitrogens with zero attached hydrogens (tertiary/aromatic N) is 4. The van der Waals surface area contributed by atoms with E-state index in [1.165, 1.54) is 6.26 Å². The first-order valence-electron chi connectivity index (χ1n) is 8.87. The van der Waals surface area contributed by atoms with Crippen LogP contribution in [0.3, 0.4) is 0 Å². The second kappa shape index (κ2) is 7.83. The number of rotatable bonds is 4. The minimum absolute atomic E-state index is 0.239. The summed E-state index contributed by atoms with van der Waals surface area (Å²) in [5.41, 5.74) is 3.59. The molecule has 0 bridgehead atoms. The van der Waals surface area contributed by atoms with E-state index in [-0.39, 0.29) is 4.90 Å². The molecule has 0 aliphatic carbocycles. The molecule has 0 amide bonds. The maximum absolute atomic E-state index is 11.8. The van der Waals surface area contributed by atoms with E-state index in [9.17, 15) is 8.42 Å². The highest BCUT2D eigenvalue weighted by Crippen LogP contribution is 2.28. The third kappa shape index (κ3) is 4.23. The molecule has 4 aromatic rings. The number of halogens is 2. The summed E-state index contributed by atoms with van der Waals surface area (Å²) in [4.78, 5) is 13.7. The molecule has 0 fully saturated rings. The van der Waals surface area contributed by atoms with Gasteiger partial charge in [0.15, 0.2) is 9.84 Å². The number of aryl methyl sites for hydroxylation is 1. The molecule has 0 spiro atoms. The summed E-state index contributed by atoms with van der Waals surface area (Å²) in [6.07, 6.45) is 4.53. The number of sulfone groups is 1. The molecule has 0 N–H and O–H groups in total. The van der Waals surface area contributed by atoms with Gasteiger partial charge in [-0.3, -0.25) is 4.57 Å². The van der Waals surface area contributed by atoms with Gasteiger partial charge in [0, 0.05) is 29.3 Å². The van der Waals surface area contributed by atoms with Gasteiger partial charge in [-0.05, 0) is 37.3 Å². The second-order valence-electron chi connectivity index (χ2n) is 6.79. The van der Waals surface area contributed by atoms with Crippen molar-refractivity contribution in [3.8, 4) is 28.5 Å². The molecule has 0 aliphatic rings. The first-order chi connectivity index (χ1) is 14.2. The quantitative estimate of drug-likeness (QED) is 0.429. The normalized spacial score (nSPS) is 11.6. The minimum atomic E-state index is -3.31. The molecule has 9 heteroatoms. The van der Waals surface area contributed by atoms with E-state index in [2.05, 4.69) is 15.0 Å². The van der Waals surface area contributed by atoms with Crippen LogP contribution in [0.4, 0.5) is 0 Å². The van der Waals surface area contributed by atoms with Crippen LogP contribution in [-0.4, -0.2) is 34.2 Å². The molecule has 6 nitrogen and oxygen atoms in total. The Balaban J connectivity index is 1.74. The Morgan fingerprint density at radius 3 is 2.40 bits per heavy atom. The highest BCUT2D eigenvalue weighted by molar-refractivity contribution is 7.90. The molecular weight excluding hydrogens is 443 g/mol. The maximum Gasteiger partial charge on any atom is 0.235 e. The summed E-state index contributed by atoms with van der Waals surface area (Å²) in [7, 11) is -3.31. The third-order valence-electron chi connectivity index (χ3n) is 4.43. The average molecular weight is 459 g/mol. The molecule has 2 heterocycles. The van der Waals surface area contributed by atoms with Crippen molar-refractivity contribution >= 4 is 33.0 Å². The van der Waals surface area contributed by atoms with Crippen LogP contribution in [0.25, 0.3) is 28.5 Å². The Morgan fingerprint density at radius 1 is 0.900 bits per heavy atom. The molecule has 2 aromatic heterocycles. The standard InChI is InChI=1S/C21H16Cl2N4O2S/c1-13-8-19(15-6-7-17(22)18(23)10-15)26-21(25-13)27-11-20(24-12-27)14-4-3-5-16(9-14)30(2,28)29/h3-12H,1-2H3. The number of hydrogen-bond donors (Lipinski definition) is 0. The Labute approximate surface area is 184 Å². The van der Waals surface area contributed by atoms with Gasteiger partial charge < -0.3 is 0 Å². The van der Waals surface area contributed by atoms with Crippen molar-refractivity contribution in [2.75, 3.05) is 6.26 Å². The van der Waals surface area contributed by atoms with Gasteiger partial charge in [0.05, 0.1) is 26.3 Å². The number of aromatic nitrogens is 4. The highest BCUT2D eigenvalue weighted by atomic mass is 35.5. The zero-order valence-electron chi connectivity index (χ0n) is 16.0. The van der Waals surface area contributed by atoms with E-state index in [4.69, 9.17) is 23.2 Å². The van der Waals surface area contributed by atoms with Gasteiger partial charge in [0.2, 0.25) is 5.95 Å². The van der Waals surface area contributed by atoms with Crippen molar-refractivity contribution in [2.45, 2.75) is 11.8 Å². The molecule has 0 atom stereocenters. The van der Waals surface area contributed by atoms with Crippen LogP contribution in [0.15, 0.2) is 66.0 Å². The van der Waals surface area contributed by atoms with E-state index in [1.807, 2.05) is 19.1 Å². The summed E-state index contributed by atoms with van der Waals surface area (Å²) < 4.78 is 25.4. The summed E-state index contributed by atoms with van der Waals surface area (Å²) >= 11 is 12.2. The average Bonchev–Trinajstić information content (AvgIpc) is 3.19. The van der Waals surface area contributed by atoms with Crippen LogP contribution >= 0.6 is 23.2 Å². The van der Waals surface area contributed by atoms with Crippen LogP contribution in [0.5, 0.6) is 0 Å². The molecule has 30 heavy (non-hydrogen) atoms. The van der Waals surface area contributed by atoms with Crippen LogP contribution in [-0.2, 0) is 9.84 Å². The highest BCUT2D eigenvalue weighted by Gasteiger charge is 2.12. The Kier molecular flexibility index (Phi) is 5.36. The van der Waals surface area contributed by atoms with E-state index in [0.717, 1.165) is 11.3 Å². The van der Waals surface area contributed by atoms with Crippen molar-refractivity contribution < 1.29 is 8.42 Å². The Morgan fingerprint density at radius 2 is 1.67 bits per heavy atom. The van der Waals surface area contributed by atoms with Gasteiger partial charge in [-0.1, -0.05) is 41.4 Å². The summed E-state index contributed by atoms with van der Waals surface area (Å²) in [5.74, 6) is 0.439. The van der Waals surface area contributed by atoms with Gasteiger partial charge in [-0.15, -0.1) is 0 Å². The van der Waals surface area contributed by atoms with Gasteiger partial charge in [-0.25, -0.2) is 23.4 Å². The lowest BCUT2D eigenvalue weighted by Gasteiger charge is -2.07. The molecule has 0 radical (unpaired) electrons. The zero-order valence-corrected chi connectivity index (χ0v) is 18.4. The largest absolute Gasteiger partial charge is 0.274 e. The molecule has 0 saturated heterocycles. The number of imidazole rings is 1. The summed E-state index contributed by atoms with van der Waals surface area (Å²) in [6, 6.07) is 13.8. The molecule has 0 unspecified atom stereocenters. The first-order valence-corrected chi connectivity index (χ1v) is 11.5. The van der Waals surface area contributed by atoms with Crippen LogP contribution < -0.4 is 0 Å². The van der Waals surface area contributed by atoms with Crippen molar-refractivity contribution in [3.05, 3.63) is 76.8 Å². The second-order valence-corrected chi connectivity index (χ2v) is 9.62. The first kappa shape index (κ1) is 20.5. The fourth-order valence-corrected chi connectivity index (χ4v) is 3.90. The molecule has 4 rings (SSSR count). The van der Waals surface area contributed by atoms with E-state index in [0.29, 0.717) is 32.9 Å². The SMILES string of the molecule is Cc1cc(-c2ccc(Cl)c(Cl)c2)nc(-n2cnc(-c3cccc(S(C)(=O)=O)c3)c2)n1. The van der Waals surface area contributed by atoms with Crippen LogP contribution in [0, 0.1) is 6.92 Å². The fraction of sp³-hybridized carbons (Fsp3) is 0.0952. The molecule has 152 valence electrons. The molecule has 2 aromatic carbocycles. The minimum Gasteiger partial charge on any atom is -0.274 e. The van der Waals surface area contributed by atoms with Crippen LogP contribution in [0.1, 0.15) is 5.69 Å². The molecule has 0 aliphatic heterocycles. The monoisotopic (exact) mass is 458 g/mol. The van der Waals surface area contributed by atoms with E-state index < -0.39 is 9.84 Å². The van der Waals surface area contributed by atoms with Crippen molar-refractivity contribution in [1.82, 2.24) is 19.5 Å². The lowest BCUT2D eigenvalue weighted by atomic mass is 10.1. The fourth-order valence-electron chi connectivity index (χ4n) is 2.94. The topological polar surface area (TPSA) is 77.7 Å². The third-order valence-corrected chi connectivity index (χ3v) is 6.28. The Bertz CT molecular complexity index is 1370. The predicted octanol–water partition coefficient (Wildman–Crippen LogP) is 5.02. The van der Waals surface area contributed by atoms with E-state index >= 15 is 0 Å². The van der Waals surface area contributed by atoms with Crippen molar-refractivity contribution in [2.24, 2.45) is 0 Å². The van der Waals surface area contributed by atoms with E-state index in [1.54, 1.807) is 53.5 Å². The molecule has 0 saturated carbocycles. The number of hydrogen-bond acceptors (Lipinski definition) is 5. The van der Waals surface area contributed by atoms with Gasteiger partial charge in [0.1, 0.15) is 6.33 Å². The molecular formula is C21H16Cl2N4O2S. The van der Waals surface area contributed by atoms with Gasteiger partial charge in [-0.2, -0.15) is 0 Å². The van der Waals surface area contributed by atoms with Gasteiger partial charge >= 0.3 is 0 Å². The summed E-state index contributed by atoms with van der Waals surface area (Å²) in [5, 5.41) is 0.921. The Hall–Kier alpha value is -2.74.